The Balaban J connectivity index is 1.54. The summed E-state index contributed by atoms with van der Waals surface area (Å²) in [5, 5.41) is 44.1. The van der Waals surface area contributed by atoms with Gasteiger partial charge in [0.05, 0.1) is 4.90 Å². The Bertz CT molecular complexity index is 1250. The molecule has 0 saturated heterocycles. The molecular formula is C28H37N3O9S. The topological polar surface area (TPSA) is 216 Å². The number of carbonyl (C=O) groups excluding carboxylic acids is 3. The van der Waals surface area contributed by atoms with Gasteiger partial charge in [0.2, 0.25) is 11.8 Å². The highest BCUT2D eigenvalue weighted by molar-refractivity contribution is 7.99. The van der Waals surface area contributed by atoms with Crippen molar-refractivity contribution in [2.24, 2.45) is 23.0 Å². The summed E-state index contributed by atoms with van der Waals surface area (Å²) in [6.07, 6.45) is 4.03. The minimum atomic E-state index is -1.27. The molecule has 6 unspecified atom stereocenters. The monoisotopic (exact) mass is 591 g/mol. The van der Waals surface area contributed by atoms with Gasteiger partial charge >= 0.3 is 11.9 Å². The molecule has 13 heteroatoms. The van der Waals surface area contributed by atoms with Crippen LogP contribution in [0, 0.1) is 17.3 Å². The summed E-state index contributed by atoms with van der Waals surface area (Å²) in [4.78, 5) is 60.3. The first-order valence-corrected chi connectivity index (χ1v) is 14.8. The smallest absolute Gasteiger partial charge is 0.322 e. The summed E-state index contributed by atoms with van der Waals surface area (Å²) in [6, 6.07) is -0.856. The van der Waals surface area contributed by atoms with Crippen LogP contribution in [0.4, 0.5) is 0 Å². The lowest BCUT2D eigenvalue weighted by molar-refractivity contribution is -0.139. The molecule has 3 aliphatic carbocycles. The van der Waals surface area contributed by atoms with E-state index in [4.69, 9.17) is 15.9 Å². The second-order valence-corrected chi connectivity index (χ2v) is 12.5. The van der Waals surface area contributed by atoms with E-state index in [2.05, 4.69) is 17.6 Å². The quantitative estimate of drug-likeness (QED) is 0.144. The molecule has 0 aromatic heterocycles. The molecule has 2 fully saturated rings. The Morgan fingerprint density at radius 1 is 1.15 bits per heavy atom. The molecule has 224 valence electrons. The number of amides is 2. The van der Waals surface area contributed by atoms with Gasteiger partial charge in [-0.15, -0.1) is 11.8 Å². The van der Waals surface area contributed by atoms with Gasteiger partial charge in [0.15, 0.2) is 11.5 Å². The molecule has 0 radical (unpaired) electrons. The van der Waals surface area contributed by atoms with E-state index in [0.717, 1.165) is 48.6 Å². The minimum absolute atomic E-state index is 0.0884. The van der Waals surface area contributed by atoms with E-state index in [9.17, 15) is 34.2 Å². The fraction of sp³-hybridized carbons (Fsp3) is 0.607. The van der Waals surface area contributed by atoms with Crippen LogP contribution in [0.2, 0.25) is 0 Å². The largest absolute Gasteiger partial charge is 0.504 e. The number of Topliss-reactive ketones (excluding diaryl/α,β-unsaturated/α-hetero) is 1. The predicted molar refractivity (Wildman–Crippen MR) is 148 cm³/mol. The molecule has 0 aliphatic heterocycles. The Morgan fingerprint density at radius 3 is 2.56 bits per heavy atom. The molecule has 41 heavy (non-hydrogen) atoms. The second kappa shape index (κ2) is 12.3. The summed E-state index contributed by atoms with van der Waals surface area (Å²) in [7, 11) is 0. The predicted octanol–water partition coefficient (Wildman–Crippen LogP) is 1.49. The van der Waals surface area contributed by atoms with Gasteiger partial charge in [-0.1, -0.05) is 6.92 Å². The maximum Gasteiger partial charge on any atom is 0.322 e. The fourth-order valence-corrected chi connectivity index (χ4v) is 8.11. The van der Waals surface area contributed by atoms with Gasteiger partial charge in [0.1, 0.15) is 24.4 Å². The number of thioether (sulfide) groups is 1. The molecule has 8 N–H and O–H groups in total. The van der Waals surface area contributed by atoms with Crippen molar-refractivity contribution in [2.45, 2.75) is 81.2 Å². The molecule has 3 aliphatic rings. The standard InChI is InChI=1S/C28H37N3O9S/c1-28-9-8-13-14(17(28)4-6-21(28)33)2-3-15-16(13)10-20(32)24(37)25(15)41-12-19(26(38)30-11-23(35)36)31-22(34)7-5-18(29)27(39)40/h10,13-14,17-19,32,37H,2-9,11-12,29H2,1H3,(H,30,38)(H,31,34)(H,35,36)(H,39,40). The van der Waals surface area contributed by atoms with E-state index in [1.165, 1.54) is 0 Å². The van der Waals surface area contributed by atoms with Crippen molar-refractivity contribution in [1.82, 2.24) is 10.6 Å². The minimum Gasteiger partial charge on any atom is -0.504 e. The molecule has 0 heterocycles. The van der Waals surface area contributed by atoms with Crippen LogP contribution in [-0.4, -0.2) is 74.3 Å². The number of carbonyl (C=O) groups is 5. The molecule has 2 saturated carbocycles. The van der Waals surface area contributed by atoms with E-state index in [-0.39, 0.29) is 47.3 Å². The van der Waals surface area contributed by atoms with Crippen molar-refractivity contribution in [1.29, 1.82) is 0 Å². The number of phenolic OH excluding ortho intramolecular Hbond substituents is 2. The first kappa shape index (κ1) is 30.6. The number of phenols is 2. The van der Waals surface area contributed by atoms with Gasteiger partial charge in [-0.3, -0.25) is 24.0 Å². The van der Waals surface area contributed by atoms with Crippen LogP contribution in [0.3, 0.4) is 0 Å². The van der Waals surface area contributed by atoms with Crippen LogP contribution in [0.15, 0.2) is 11.0 Å². The number of nitrogens with two attached hydrogens (primary N) is 1. The van der Waals surface area contributed by atoms with Crippen molar-refractivity contribution >= 4 is 41.3 Å². The van der Waals surface area contributed by atoms with Gasteiger partial charge in [-0.2, -0.15) is 0 Å². The van der Waals surface area contributed by atoms with Gasteiger partial charge in [0.25, 0.3) is 0 Å². The van der Waals surface area contributed by atoms with Crippen LogP contribution in [0.5, 0.6) is 11.5 Å². The number of hydrogen-bond donors (Lipinski definition) is 7. The van der Waals surface area contributed by atoms with Crippen LogP contribution < -0.4 is 16.4 Å². The fourth-order valence-electron chi connectivity index (χ4n) is 6.91. The molecule has 4 rings (SSSR count). The molecular weight excluding hydrogens is 554 g/mol. The number of carboxylic acids is 2. The SMILES string of the molecule is CC12CCC3c4cc(O)c(O)c(SCC(NC(=O)CCC(N)C(=O)O)C(=O)NCC(=O)O)c4CCC3C1CCC2=O. The molecule has 2 amide bonds. The molecule has 6 atom stereocenters. The van der Waals surface area contributed by atoms with E-state index in [1.54, 1.807) is 6.07 Å². The Morgan fingerprint density at radius 2 is 1.88 bits per heavy atom. The van der Waals surface area contributed by atoms with Crippen molar-refractivity contribution in [3.8, 4) is 11.5 Å². The average molecular weight is 592 g/mol. The van der Waals surface area contributed by atoms with Gasteiger partial charge in [-0.05, 0) is 73.5 Å². The number of aliphatic carboxylic acids is 2. The van der Waals surface area contributed by atoms with Crippen LogP contribution >= 0.6 is 11.8 Å². The third kappa shape index (κ3) is 6.30. The number of nitrogens with one attached hydrogen (secondary N) is 2. The van der Waals surface area contributed by atoms with E-state index < -0.39 is 42.4 Å². The number of benzene rings is 1. The summed E-state index contributed by atoms with van der Waals surface area (Å²) in [5.74, 6) is -3.62. The number of hydrogen-bond acceptors (Lipinski definition) is 9. The van der Waals surface area contributed by atoms with Crippen molar-refractivity contribution < 1.29 is 44.4 Å². The van der Waals surface area contributed by atoms with Crippen LogP contribution in [-0.2, 0) is 30.4 Å². The first-order valence-electron chi connectivity index (χ1n) is 13.8. The van der Waals surface area contributed by atoms with Crippen molar-refractivity contribution in [2.75, 3.05) is 12.3 Å². The molecule has 1 aromatic carbocycles. The lowest BCUT2D eigenvalue weighted by Crippen LogP contribution is -2.49. The van der Waals surface area contributed by atoms with Crippen LogP contribution in [0.1, 0.15) is 68.9 Å². The zero-order valence-corrected chi connectivity index (χ0v) is 23.7. The number of fused-ring (bicyclic) bond motifs is 5. The third-order valence-electron chi connectivity index (χ3n) is 9.11. The molecule has 12 nitrogen and oxygen atoms in total. The molecule has 1 aromatic rings. The third-order valence-corrected chi connectivity index (χ3v) is 10.3. The number of aromatic hydroxyl groups is 2. The van der Waals surface area contributed by atoms with Crippen LogP contribution in [0.25, 0.3) is 0 Å². The highest BCUT2D eigenvalue weighted by Crippen LogP contribution is 2.61. The number of rotatable bonds is 11. The highest BCUT2D eigenvalue weighted by atomic mass is 32.2. The van der Waals surface area contributed by atoms with Gasteiger partial charge in [-0.25, -0.2) is 0 Å². The summed E-state index contributed by atoms with van der Waals surface area (Å²) >= 11 is 1.07. The summed E-state index contributed by atoms with van der Waals surface area (Å²) in [5.41, 5.74) is 6.95. The lowest BCUT2D eigenvalue weighted by Gasteiger charge is -2.48. The zero-order valence-electron chi connectivity index (χ0n) is 22.9. The van der Waals surface area contributed by atoms with Gasteiger partial charge < -0.3 is 36.8 Å². The second-order valence-electron chi connectivity index (χ2n) is 11.5. The normalized spacial score (nSPS) is 26.2. The summed E-state index contributed by atoms with van der Waals surface area (Å²) in [6.45, 7) is 1.41. The maximum atomic E-state index is 12.8. The van der Waals surface area contributed by atoms with E-state index in [0.29, 0.717) is 29.4 Å². The van der Waals surface area contributed by atoms with E-state index in [1.807, 2.05) is 0 Å². The molecule has 0 bridgehead atoms. The maximum absolute atomic E-state index is 12.8. The Hall–Kier alpha value is -3.32. The van der Waals surface area contributed by atoms with Crippen molar-refractivity contribution in [3.63, 3.8) is 0 Å². The lowest BCUT2D eigenvalue weighted by atomic mass is 9.55. The first-order chi connectivity index (χ1) is 19.3. The highest BCUT2D eigenvalue weighted by Gasteiger charge is 2.54. The van der Waals surface area contributed by atoms with Gasteiger partial charge in [0, 0.05) is 24.0 Å². The van der Waals surface area contributed by atoms with Crippen molar-refractivity contribution in [3.05, 3.63) is 17.2 Å². The van der Waals surface area contributed by atoms with E-state index >= 15 is 0 Å². The Labute approximate surface area is 241 Å². The number of carboxylic acid groups (broad SMARTS) is 2. The zero-order chi connectivity index (χ0) is 30.1. The molecule has 0 spiro atoms. The number of ketones is 1. The summed E-state index contributed by atoms with van der Waals surface area (Å²) < 4.78 is 0. The Kier molecular flexibility index (Phi) is 9.17. The average Bonchev–Trinajstić information content (AvgIpc) is 3.23.